The van der Waals surface area contributed by atoms with E-state index in [2.05, 4.69) is 11.4 Å². The van der Waals surface area contributed by atoms with Crippen LogP contribution in [0.1, 0.15) is 33.5 Å². The molecule has 2 aromatic heterocycles. The van der Waals surface area contributed by atoms with Crippen molar-refractivity contribution in [3.05, 3.63) is 70.5 Å². The second kappa shape index (κ2) is 7.03. The number of aryl methyl sites for hydroxylation is 2. The van der Waals surface area contributed by atoms with Crippen LogP contribution in [0.15, 0.2) is 52.3 Å². The summed E-state index contributed by atoms with van der Waals surface area (Å²) >= 11 is 1.68. The lowest BCUT2D eigenvalue weighted by atomic mass is 10.1. The summed E-state index contributed by atoms with van der Waals surface area (Å²) in [7, 11) is 0. The highest BCUT2D eigenvalue weighted by Gasteiger charge is 2.15. The van der Waals surface area contributed by atoms with Gasteiger partial charge in [0, 0.05) is 11.4 Å². The molecule has 124 valence electrons. The van der Waals surface area contributed by atoms with E-state index >= 15 is 0 Å². The number of thiophene rings is 1. The quantitative estimate of drug-likeness (QED) is 0.735. The third-order valence-electron chi connectivity index (χ3n) is 3.84. The van der Waals surface area contributed by atoms with E-state index in [9.17, 15) is 9.90 Å². The lowest BCUT2D eigenvalue weighted by molar-refractivity contribution is 0.0915. The molecule has 1 unspecified atom stereocenters. The van der Waals surface area contributed by atoms with Gasteiger partial charge in [0.05, 0.1) is 11.7 Å². The van der Waals surface area contributed by atoms with Crippen molar-refractivity contribution in [3.63, 3.8) is 0 Å². The van der Waals surface area contributed by atoms with Crippen LogP contribution in [-0.2, 0) is 0 Å². The molecule has 3 aromatic rings. The zero-order valence-corrected chi connectivity index (χ0v) is 14.4. The van der Waals surface area contributed by atoms with Crippen LogP contribution in [0.4, 0.5) is 0 Å². The van der Waals surface area contributed by atoms with Gasteiger partial charge in [0.15, 0.2) is 0 Å². The van der Waals surface area contributed by atoms with Crippen molar-refractivity contribution in [2.75, 3.05) is 6.54 Å². The van der Waals surface area contributed by atoms with E-state index < -0.39 is 6.10 Å². The predicted octanol–water partition coefficient (Wildman–Crippen LogP) is 4.09. The van der Waals surface area contributed by atoms with Crippen LogP contribution in [0, 0.1) is 13.8 Å². The molecule has 3 rings (SSSR count). The highest BCUT2D eigenvalue weighted by atomic mass is 32.1. The van der Waals surface area contributed by atoms with Gasteiger partial charge < -0.3 is 14.8 Å². The standard InChI is InChI=1S/C19H19NO3S/c1-12-10-16(13(2)23-12)19(22)20-11-17(21)14-5-7-15(8-6-14)18-4-3-9-24-18/h3-10,17,21H,11H2,1-2H3,(H,20,22). The molecule has 1 atom stereocenters. The summed E-state index contributed by atoms with van der Waals surface area (Å²) in [4.78, 5) is 13.3. The number of amides is 1. The van der Waals surface area contributed by atoms with Gasteiger partial charge in [-0.25, -0.2) is 0 Å². The predicted molar refractivity (Wildman–Crippen MR) is 95.2 cm³/mol. The maximum absolute atomic E-state index is 12.1. The fraction of sp³-hybridized carbons (Fsp3) is 0.211. The van der Waals surface area contributed by atoms with Gasteiger partial charge in [-0.3, -0.25) is 4.79 Å². The largest absolute Gasteiger partial charge is 0.466 e. The first-order chi connectivity index (χ1) is 11.5. The van der Waals surface area contributed by atoms with E-state index in [1.54, 1.807) is 31.3 Å². The average molecular weight is 341 g/mol. The number of nitrogens with one attached hydrogen (secondary N) is 1. The first-order valence-electron chi connectivity index (χ1n) is 7.71. The fourth-order valence-corrected chi connectivity index (χ4v) is 3.30. The van der Waals surface area contributed by atoms with E-state index in [1.807, 2.05) is 35.7 Å². The van der Waals surface area contributed by atoms with Gasteiger partial charge >= 0.3 is 0 Å². The maximum Gasteiger partial charge on any atom is 0.254 e. The Kier molecular flexibility index (Phi) is 4.83. The number of furan rings is 1. The highest BCUT2D eigenvalue weighted by Crippen LogP contribution is 2.26. The minimum atomic E-state index is -0.750. The van der Waals surface area contributed by atoms with E-state index in [4.69, 9.17) is 4.42 Å². The molecule has 24 heavy (non-hydrogen) atoms. The number of carbonyl (C=O) groups excluding carboxylic acids is 1. The molecule has 0 aliphatic carbocycles. The number of aliphatic hydroxyl groups excluding tert-OH is 1. The van der Waals surface area contributed by atoms with E-state index in [0.717, 1.165) is 11.1 Å². The highest BCUT2D eigenvalue weighted by molar-refractivity contribution is 7.13. The molecule has 1 aromatic carbocycles. The van der Waals surface area contributed by atoms with Crippen molar-refractivity contribution in [3.8, 4) is 10.4 Å². The molecule has 0 aliphatic heterocycles. The molecular weight excluding hydrogens is 322 g/mol. The third kappa shape index (κ3) is 3.58. The van der Waals surface area contributed by atoms with Gasteiger partial charge in [0.1, 0.15) is 11.5 Å². The second-order valence-corrected chi connectivity index (χ2v) is 6.60. The zero-order chi connectivity index (χ0) is 17.1. The minimum absolute atomic E-state index is 0.154. The van der Waals surface area contributed by atoms with Gasteiger partial charge in [-0.05, 0) is 42.5 Å². The van der Waals surface area contributed by atoms with Crippen LogP contribution >= 0.6 is 11.3 Å². The van der Waals surface area contributed by atoms with Gasteiger partial charge in [0.2, 0.25) is 0 Å². The summed E-state index contributed by atoms with van der Waals surface area (Å²) in [6.45, 7) is 3.70. The molecule has 0 saturated heterocycles. The molecule has 0 spiro atoms. The first kappa shape index (κ1) is 16.5. The minimum Gasteiger partial charge on any atom is -0.466 e. The molecule has 0 saturated carbocycles. The fourth-order valence-electron chi connectivity index (χ4n) is 2.57. The van der Waals surface area contributed by atoms with Crippen LogP contribution in [0.2, 0.25) is 0 Å². The Morgan fingerprint density at radius 2 is 2.00 bits per heavy atom. The number of carbonyl (C=O) groups is 1. The van der Waals surface area contributed by atoms with Crippen molar-refractivity contribution >= 4 is 17.2 Å². The second-order valence-electron chi connectivity index (χ2n) is 5.65. The van der Waals surface area contributed by atoms with Crippen molar-refractivity contribution in [1.29, 1.82) is 0 Å². The Bertz CT molecular complexity index is 819. The number of rotatable bonds is 5. The van der Waals surface area contributed by atoms with Crippen molar-refractivity contribution in [2.24, 2.45) is 0 Å². The zero-order valence-electron chi connectivity index (χ0n) is 13.6. The number of aliphatic hydroxyl groups is 1. The third-order valence-corrected chi connectivity index (χ3v) is 4.76. The summed E-state index contributed by atoms with van der Waals surface area (Å²) in [5.41, 5.74) is 2.40. The van der Waals surface area contributed by atoms with Crippen molar-refractivity contribution in [2.45, 2.75) is 20.0 Å². The average Bonchev–Trinajstić information content (AvgIpc) is 3.22. The van der Waals surface area contributed by atoms with Crippen LogP contribution in [-0.4, -0.2) is 17.6 Å². The van der Waals surface area contributed by atoms with Crippen LogP contribution in [0.25, 0.3) is 10.4 Å². The normalized spacial score (nSPS) is 12.1. The monoisotopic (exact) mass is 341 g/mol. The Morgan fingerprint density at radius 1 is 1.25 bits per heavy atom. The molecule has 2 N–H and O–H groups in total. The van der Waals surface area contributed by atoms with Crippen LogP contribution in [0.5, 0.6) is 0 Å². The summed E-state index contributed by atoms with van der Waals surface area (Å²) < 4.78 is 5.35. The van der Waals surface area contributed by atoms with E-state index in [-0.39, 0.29) is 12.5 Å². The Morgan fingerprint density at radius 3 is 2.58 bits per heavy atom. The van der Waals surface area contributed by atoms with Crippen LogP contribution in [0.3, 0.4) is 0 Å². The first-order valence-corrected chi connectivity index (χ1v) is 8.59. The number of benzene rings is 1. The summed E-state index contributed by atoms with van der Waals surface area (Å²) in [6.07, 6.45) is -0.750. The molecule has 0 aliphatic rings. The van der Waals surface area contributed by atoms with Crippen molar-refractivity contribution in [1.82, 2.24) is 5.32 Å². The topological polar surface area (TPSA) is 62.5 Å². The lowest BCUT2D eigenvalue weighted by Crippen LogP contribution is -2.28. The molecule has 0 bridgehead atoms. The Balaban J connectivity index is 1.61. The molecule has 4 nitrogen and oxygen atoms in total. The molecule has 0 fully saturated rings. The molecular formula is C19H19NO3S. The Labute approximate surface area is 144 Å². The van der Waals surface area contributed by atoms with Crippen LogP contribution < -0.4 is 5.32 Å². The van der Waals surface area contributed by atoms with E-state index in [0.29, 0.717) is 17.1 Å². The van der Waals surface area contributed by atoms with Gasteiger partial charge in [0.25, 0.3) is 5.91 Å². The molecule has 5 heteroatoms. The lowest BCUT2D eigenvalue weighted by Gasteiger charge is -2.12. The maximum atomic E-state index is 12.1. The van der Waals surface area contributed by atoms with Gasteiger partial charge in [-0.2, -0.15) is 0 Å². The van der Waals surface area contributed by atoms with Gasteiger partial charge in [-0.1, -0.05) is 30.3 Å². The smallest absolute Gasteiger partial charge is 0.254 e. The van der Waals surface area contributed by atoms with E-state index in [1.165, 1.54) is 4.88 Å². The summed E-state index contributed by atoms with van der Waals surface area (Å²) in [5, 5.41) is 15.1. The summed E-state index contributed by atoms with van der Waals surface area (Å²) in [6, 6.07) is 13.5. The number of hydrogen-bond acceptors (Lipinski definition) is 4. The van der Waals surface area contributed by atoms with Gasteiger partial charge in [-0.15, -0.1) is 11.3 Å². The molecule has 1 amide bonds. The SMILES string of the molecule is Cc1cc(C(=O)NCC(O)c2ccc(-c3cccs3)cc2)c(C)o1. The molecule has 0 radical (unpaired) electrons. The van der Waals surface area contributed by atoms with Crippen molar-refractivity contribution < 1.29 is 14.3 Å². The molecule has 2 heterocycles. The number of hydrogen-bond donors (Lipinski definition) is 2. The Hall–Kier alpha value is -2.37. The summed E-state index contributed by atoms with van der Waals surface area (Å²) in [5.74, 6) is 1.04.